The average molecular weight is 277 g/mol. The van der Waals surface area contributed by atoms with Crippen LogP contribution in [0.1, 0.15) is 24.8 Å². The Bertz CT molecular complexity index is 450. The van der Waals surface area contributed by atoms with Gasteiger partial charge in [-0.2, -0.15) is 0 Å². The predicted octanol–water partition coefficient (Wildman–Crippen LogP) is 1.22. The van der Waals surface area contributed by atoms with Crippen LogP contribution in [0.5, 0.6) is 0 Å². The topological polar surface area (TPSA) is 82.1 Å². The van der Waals surface area contributed by atoms with E-state index in [1.54, 1.807) is 0 Å². The molecule has 2 rings (SSSR count). The van der Waals surface area contributed by atoms with Crippen molar-refractivity contribution in [2.75, 3.05) is 19.6 Å². The second-order valence-corrected chi connectivity index (χ2v) is 5.58. The van der Waals surface area contributed by atoms with Crippen molar-refractivity contribution in [3.8, 4) is 0 Å². The van der Waals surface area contributed by atoms with Crippen molar-refractivity contribution in [2.45, 2.75) is 25.4 Å². The van der Waals surface area contributed by atoms with E-state index in [0.717, 1.165) is 25.1 Å². The maximum Gasteiger partial charge on any atom is 0.147 e. The summed E-state index contributed by atoms with van der Waals surface area (Å²) in [7, 11) is 0. The molecule has 0 aromatic heterocycles. The third-order valence-electron chi connectivity index (χ3n) is 4.06. The number of likely N-dealkylation sites (tertiary alicyclic amines) is 1. The number of aliphatic hydroxyl groups is 1. The fourth-order valence-electron chi connectivity index (χ4n) is 2.77. The van der Waals surface area contributed by atoms with Crippen LogP contribution in [-0.4, -0.2) is 46.8 Å². The molecule has 0 radical (unpaired) electrons. The van der Waals surface area contributed by atoms with Crippen LogP contribution in [0.4, 0.5) is 0 Å². The van der Waals surface area contributed by atoms with Gasteiger partial charge < -0.3 is 20.9 Å². The van der Waals surface area contributed by atoms with E-state index in [1.807, 2.05) is 30.3 Å². The molecule has 1 aromatic carbocycles. The number of nitrogens with two attached hydrogens (primary N) is 1. The maximum atomic E-state index is 9.79. The van der Waals surface area contributed by atoms with Crippen molar-refractivity contribution in [3.05, 3.63) is 35.9 Å². The van der Waals surface area contributed by atoms with Crippen molar-refractivity contribution < 1.29 is 10.3 Å². The first-order valence-electron chi connectivity index (χ1n) is 7.04. The van der Waals surface area contributed by atoms with Gasteiger partial charge in [0.25, 0.3) is 0 Å². The number of rotatable bonds is 4. The molecule has 3 unspecified atom stereocenters. The Morgan fingerprint density at radius 1 is 1.45 bits per heavy atom. The van der Waals surface area contributed by atoms with Gasteiger partial charge in [0, 0.05) is 19.6 Å². The van der Waals surface area contributed by atoms with Gasteiger partial charge in [-0.3, -0.25) is 0 Å². The quantitative estimate of drug-likeness (QED) is 0.334. The van der Waals surface area contributed by atoms with Crippen LogP contribution < -0.4 is 5.73 Å². The number of oxime groups is 1. The van der Waals surface area contributed by atoms with Crippen molar-refractivity contribution in [3.63, 3.8) is 0 Å². The lowest BCUT2D eigenvalue weighted by molar-refractivity contribution is 0.0346. The zero-order valence-electron chi connectivity index (χ0n) is 11.8. The first-order valence-corrected chi connectivity index (χ1v) is 7.04. The standard InChI is InChI=1S/C15H23N3O2/c1-11-9-18(8-7-14(11)19)10-13(15(16)17-20)12-5-3-2-4-6-12/h2-6,11,13-14,19-20H,7-10H2,1H3,(H2,16,17). The molecular formula is C15H23N3O2. The van der Waals surface area contributed by atoms with Gasteiger partial charge in [-0.25, -0.2) is 0 Å². The van der Waals surface area contributed by atoms with E-state index in [1.165, 1.54) is 0 Å². The lowest BCUT2D eigenvalue weighted by Crippen LogP contribution is -2.45. The van der Waals surface area contributed by atoms with Crippen molar-refractivity contribution >= 4 is 5.84 Å². The van der Waals surface area contributed by atoms with Gasteiger partial charge in [0.1, 0.15) is 5.84 Å². The minimum atomic E-state index is -0.217. The molecule has 0 spiro atoms. The summed E-state index contributed by atoms with van der Waals surface area (Å²) in [6.45, 7) is 4.44. The summed E-state index contributed by atoms with van der Waals surface area (Å²) >= 11 is 0. The smallest absolute Gasteiger partial charge is 0.147 e. The lowest BCUT2D eigenvalue weighted by atomic mass is 9.93. The first-order chi connectivity index (χ1) is 9.61. The Morgan fingerprint density at radius 2 is 2.15 bits per heavy atom. The highest BCUT2D eigenvalue weighted by atomic mass is 16.4. The highest BCUT2D eigenvalue weighted by molar-refractivity contribution is 5.87. The Labute approximate surface area is 119 Å². The minimum absolute atomic E-state index is 0.122. The summed E-state index contributed by atoms with van der Waals surface area (Å²) in [5.74, 6) is 0.367. The summed E-state index contributed by atoms with van der Waals surface area (Å²) < 4.78 is 0. The van der Waals surface area contributed by atoms with Gasteiger partial charge in [-0.05, 0) is 17.9 Å². The summed E-state index contributed by atoms with van der Waals surface area (Å²) in [6, 6.07) is 9.84. The SMILES string of the molecule is CC1CN(CC(/C(N)=N/O)c2ccccc2)CCC1O. The molecule has 1 aliphatic heterocycles. The molecule has 1 aromatic rings. The average Bonchev–Trinajstić information content (AvgIpc) is 2.48. The molecule has 5 heteroatoms. The number of nitrogens with zero attached hydrogens (tertiary/aromatic N) is 2. The van der Waals surface area contributed by atoms with Crippen molar-refractivity contribution in [1.29, 1.82) is 0 Å². The number of hydrogen-bond acceptors (Lipinski definition) is 4. The highest BCUT2D eigenvalue weighted by Crippen LogP contribution is 2.22. The van der Waals surface area contributed by atoms with Gasteiger partial charge in [0.05, 0.1) is 12.0 Å². The van der Waals surface area contributed by atoms with E-state index in [-0.39, 0.29) is 23.8 Å². The third-order valence-corrected chi connectivity index (χ3v) is 4.06. The molecule has 0 bridgehead atoms. The molecule has 1 aliphatic rings. The fourth-order valence-corrected chi connectivity index (χ4v) is 2.77. The van der Waals surface area contributed by atoms with Gasteiger partial charge in [-0.1, -0.05) is 42.4 Å². The number of piperidine rings is 1. The van der Waals surface area contributed by atoms with Crippen molar-refractivity contribution in [1.82, 2.24) is 4.90 Å². The molecular weight excluding hydrogens is 254 g/mol. The first kappa shape index (κ1) is 14.8. The molecule has 0 saturated carbocycles. The Kier molecular flexibility index (Phi) is 4.98. The molecule has 1 heterocycles. The number of amidine groups is 1. The van der Waals surface area contributed by atoms with E-state index in [2.05, 4.69) is 17.0 Å². The predicted molar refractivity (Wildman–Crippen MR) is 78.8 cm³/mol. The van der Waals surface area contributed by atoms with E-state index >= 15 is 0 Å². The molecule has 4 N–H and O–H groups in total. The monoisotopic (exact) mass is 277 g/mol. The van der Waals surface area contributed by atoms with Crippen LogP contribution in [0.2, 0.25) is 0 Å². The molecule has 0 amide bonds. The molecule has 0 aliphatic carbocycles. The minimum Gasteiger partial charge on any atom is -0.409 e. The molecule has 110 valence electrons. The second-order valence-electron chi connectivity index (χ2n) is 5.58. The summed E-state index contributed by atoms with van der Waals surface area (Å²) in [6.07, 6.45) is 0.559. The van der Waals surface area contributed by atoms with Gasteiger partial charge in [-0.15, -0.1) is 0 Å². The van der Waals surface area contributed by atoms with E-state index in [4.69, 9.17) is 10.9 Å². The van der Waals surface area contributed by atoms with E-state index in [0.29, 0.717) is 6.54 Å². The van der Waals surface area contributed by atoms with Crippen LogP contribution in [0.3, 0.4) is 0 Å². The second kappa shape index (κ2) is 6.72. The van der Waals surface area contributed by atoms with Crippen LogP contribution in [0.25, 0.3) is 0 Å². The summed E-state index contributed by atoms with van der Waals surface area (Å²) in [5, 5.41) is 22.0. The Hall–Kier alpha value is -1.59. The van der Waals surface area contributed by atoms with Crippen molar-refractivity contribution in [2.24, 2.45) is 16.8 Å². The van der Waals surface area contributed by atoms with Gasteiger partial charge in [0.15, 0.2) is 0 Å². The highest BCUT2D eigenvalue weighted by Gasteiger charge is 2.27. The third kappa shape index (κ3) is 3.49. The molecule has 1 fully saturated rings. The fraction of sp³-hybridized carbons (Fsp3) is 0.533. The number of aliphatic hydroxyl groups excluding tert-OH is 1. The summed E-state index contributed by atoms with van der Waals surface area (Å²) in [4.78, 5) is 2.27. The van der Waals surface area contributed by atoms with E-state index < -0.39 is 0 Å². The Balaban J connectivity index is 2.09. The number of benzene rings is 1. The molecule has 1 saturated heterocycles. The molecule has 5 nitrogen and oxygen atoms in total. The zero-order valence-corrected chi connectivity index (χ0v) is 11.8. The largest absolute Gasteiger partial charge is 0.409 e. The Morgan fingerprint density at radius 3 is 2.75 bits per heavy atom. The molecule has 20 heavy (non-hydrogen) atoms. The van der Waals surface area contributed by atoms with Gasteiger partial charge >= 0.3 is 0 Å². The normalized spacial score (nSPS) is 26.4. The zero-order chi connectivity index (χ0) is 14.5. The van der Waals surface area contributed by atoms with Crippen LogP contribution >= 0.6 is 0 Å². The summed E-state index contributed by atoms with van der Waals surface area (Å²) in [5.41, 5.74) is 6.90. The lowest BCUT2D eigenvalue weighted by Gasteiger charge is -2.36. The van der Waals surface area contributed by atoms with Crippen LogP contribution in [-0.2, 0) is 0 Å². The van der Waals surface area contributed by atoms with Crippen LogP contribution in [0.15, 0.2) is 35.5 Å². The molecule has 3 atom stereocenters. The van der Waals surface area contributed by atoms with Crippen LogP contribution in [0, 0.1) is 5.92 Å². The van der Waals surface area contributed by atoms with Gasteiger partial charge in [0.2, 0.25) is 0 Å². The maximum absolute atomic E-state index is 9.79. The van der Waals surface area contributed by atoms with E-state index in [9.17, 15) is 5.11 Å². The number of hydrogen-bond donors (Lipinski definition) is 3.